The van der Waals surface area contributed by atoms with E-state index in [9.17, 15) is 4.79 Å². The molecule has 0 saturated carbocycles. The molecule has 1 saturated heterocycles. The first-order chi connectivity index (χ1) is 14.4. The summed E-state index contributed by atoms with van der Waals surface area (Å²) >= 11 is 11.8. The van der Waals surface area contributed by atoms with Crippen LogP contribution in [-0.4, -0.2) is 32.7 Å². The van der Waals surface area contributed by atoms with E-state index in [1.807, 2.05) is 4.57 Å². The SMILES string of the molecule is C#CC1(COC(=O)Cc2ccc(Cl)cc2)CCC(n2ccc3c(N)nc(Cl)nc32)O1. The number of rotatable bonds is 5. The predicted molar refractivity (Wildman–Crippen MR) is 114 cm³/mol. The fraction of sp³-hybridized carbons (Fsp3) is 0.286. The highest BCUT2D eigenvalue weighted by Gasteiger charge is 2.41. The number of carbonyl (C=O) groups is 1. The molecule has 0 bridgehead atoms. The minimum atomic E-state index is -1.01. The maximum Gasteiger partial charge on any atom is 0.310 e. The summed E-state index contributed by atoms with van der Waals surface area (Å²) in [5, 5.41) is 1.34. The second kappa shape index (κ2) is 8.15. The van der Waals surface area contributed by atoms with Crippen LogP contribution in [0.3, 0.4) is 0 Å². The quantitative estimate of drug-likeness (QED) is 0.365. The monoisotopic (exact) mass is 444 g/mol. The molecular weight excluding hydrogens is 427 g/mol. The van der Waals surface area contributed by atoms with E-state index in [4.69, 9.17) is 44.8 Å². The summed E-state index contributed by atoms with van der Waals surface area (Å²) in [4.78, 5) is 20.5. The molecule has 0 aliphatic carbocycles. The zero-order valence-corrected chi connectivity index (χ0v) is 17.4. The molecule has 3 heterocycles. The van der Waals surface area contributed by atoms with Gasteiger partial charge in [-0.05, 0) is 48.2 Å². The first-order valence-electron chi connectivity index (χ1n) is 9.24. The van der Waals surface area contributed by atoms with Crippen LogP contribution in [0, 0.1) is 12.3 Å². The molecule has 2 unspecified atom stereocenters. The molecule has 30 heavy (non-hydrogen) atoms. The lowest BCUT2D eigenvalue weighted by atomic mass is 10.0. The van der Waals surface area contributed by atoms with Gasteiger partial charge in [-0.1, -0.05) is 29.7 Å². The van der Waals surface area contributed by atoms with E-state index in [1.54, 1.807) is 36.5 Å². The molecule has 0 spiro atoms. The lowest BCUT2D eigenvalue weighted by Crippen LogP contribution is -2.34. The number of aromatic nitrogens is 3. The van der Waals surface area contributed by atoms with Gasteiger partial charge in [0, 0.05) is 11.2 Å². The minimum Gasteiger partial charge on any atom is -0.461 e. The smallest absolute Gasteiger partial charge is 0.310 e. The molecule has 2 N–H and O–H groups in total. The first-order valence-corrected chi connectivity index (χ1v) is 10.00. The van der Waals surface area contributed by atoms with Crippen molar-refractivity contribution in [2.24, 2.45) is 0 Å². The average Bonchev–Trinajstić information content (AvgIpc) is 3.33. The van der Waals surface area contributed by atoms with Gasteiger partial charge in [0.25, 0.3) is 0 Å². The number of esters is 1. The summed E-state index contributed by atoms with van der Waals surface area (Å²) in [5.74, 6) is 2.55. The van der Waals surface area contributed by atoms with E-state index >= 15 is 0 Å². The molecule has 3 aromatic rings. The fourth-order valence-electron chi connectivity index (χ4n) is 3.46. The van der Waals surface area contributed by atoms with Crippen LogP contribution in [0.5, 0.6) is 0 Å². The standard InChI is InChI=1S/C21H18Cl2N4O3/c1-2-21(12-29-17(28)11-13-3-5-14(22)6-4-13)9-7-16(30-21)27-10-8-15-18(24)25-20(23)26-19(15)27/h1,3-6,8,10,16H,7,9,11-12H2,(H2,24,25,26). The largest absolute Gasteiger partial charge is 0.461 e. The summed E-state index contributed by atoms with van der Waals surface area (Å²) < 4.78 is 13.4. The first kappa shape index (κ1) is 20.5. The van der Waals surface area contributed by atoms with Gasteiger partial charge in [0.05, 0.1) is 11.8 Å². The second-order valence-corrected chi connectivity index (χ2v) is 7.83. The number of nitrogens with two attached hydrogens (primary N) is 1. The van der Waals surface area contributed by atoms with Crippen LogP contribution in [0.15, 0.2) is 36.5 Å². The van der Waals surface area contributed by atoms with Gasteiger partial charge in [0.15, 0.2) is 5.60 Å². The van der Waals surface area contributed by atoms with E-state index in [0.717, 1.165) is 5.56 Å². The number of benzene rings is 1. The number of ether oxygens (including phenoxy) is 2. The summed E-state index contributed by atoms with van der Waals surface area (Å²) in [6.45, 7) is -0.0382. The van der Waals surface area contributed by atoms with Crippen LogP contribution in [-0.2, 0) is 20.7 Å². The average molecular weight is 445 g/mol. The van der Waals surface area contributed by atoms with Gasteiger partial charge in [0.2, 0.25) is 5.28 Å². The Kier molecular flexibility index (Phi) is 5.56. The topological polar surface area (TPSA) is 92.3 Å². The Balaban J connectivity index is 1.44. The van der Waals surface area contributed by atoms with Gasteiger partial charge in [-0.25, -0.2) is 4.98 Å². The molecule has 9 heteroatoms. The zero-order chi connectivity index (χ0) is 21.3. The molecular formula is C21H18Cl2N4O3. The number of nitrogen functional groups attached to an aromatic ring is 1. The van der Waals surface area contributed by atoms with Crippen LogP contribution in [0.4, 0.5) is 5.82 Å². The van der Waals surface area contributed by atoms with E-state index in [0.29, 0.717) is 34.7 Å². The lowest BCUT2D eigenvalue weighted by molar-refractivity contribution is -0.151. The van der Waals surface area contributed by atoms with Crippen LogP contribution in [0.25, 0.3) is 11.0 Å². The number of carbonyl (C=O) groups excluding carboxylic acids is 1. The van der Waals surface area contributed by atoms with Crippen molar-refractivity contribution in [1.29, 1.82) is 0 Å². The Labute approximate surface area is 183 Å². The molecule has 7 nitrogen and oxygen atoms in total. The van der Waals surface area contributed by atoms with Crippen LogP contribution >= 0.6 is 23.2 Å². The van der Waals surface area contributed by atoms with Crippen molar-refractivity contribution in [2.45, 2.75) is 31.1 Å². The van der Waals surface area contributed by atoms with Gasteiger partial charge in [-0.2, -0.15) is 4.98 Å². The summed E-state index contributed by atoms with van der Waals surface area (Å²) in [7, 11) is 0. The zero-order valence-electron chi connectivity index (χ0n) is 15.8. The van der Waals surface area contributed by atoms with Gasteiger partial charge in [0.1, 0.15) is 24.3 Å². The molecule has 2 atom stereocenters. The van der Waals surface area contributed by atoms with Crippen molar-refractivity contribution in [3.63, 3.8) is 0 Å². The number of hydrogen-bond donors (Lipinski definition) is 1. The number of hydrogen-bond acceptors (Lipinski definition) is 6. The Hall–Kier alpha value is -2.79. The van der Waals surface area contributed by atoms with Gasteiger partial charge in [-0.3, -0.25) is 4.79 Å². The summed E-state index contributed by atoms with van der Waals surface area (Å²) in [6, 6.07) is 8.80. The van der Waals surface area contributed by atoms with E-state index in [2.05, 4.69) is 15.9 Å². The number of nitrogens with zero attached hydrogens (tertiary/aromatic N) is 3. The summed E-state index contributed by atoms with van der Waals surface area (Å²) in [5.41, 5.74) is 6.26. The Morgan fingerprint density at radius 2 is 2.10 bits per heavy atom. The minimum absolute atomic E-state index is 0.0382. The maximum atomic E-state index is 12.2. The molecule has 0 amide bonds. The maximum absolute atomic E-state index is 12.2. The number of anilines is 1. The van der Waals surface area contributed by atoms with Crippen molar-refractivity contribution < 1.29 is 14.3 Å². The van der Waals surface area contributed by atoms with Crippen molar-refractivity contribution >= 4 is 46.0 Å². The van der Waals surface area contributed by atoms with Crippen molar-refractivity contribution in [1.82, 2.24) is 14.5 Å². The number of halogens is 2. The second-order valence-electron chi connectivity index (χ2n) is 7.05. The highest BCUT2D eigenvalue weighted by Crippen LogP contribution is 2.38. The van der Waals surface area contributed by atoms with Crippen molar-refractivity contribution in [2.75, 3.05) is 12.3 Å². The molecule has 1 fully saturated rings. The molecule has 1 aromatic carbocycles. The van der Waals surface area contributed by atoms with Gasteiger partial charge >= 0.3 is 5.97 Å². The number of fused-ring (bicyclic) bond motifs is 1. The fourth-order valence-corrected chi connectivity index (χ4v) is 3.76. The molecule has 154 valence electrons. The third-order valence-corrected chi connectivity index (χ3v) is 5.45. The molecule has 4 rings (SSSR count). The van der Waals surface area contributed by atoms with Crippen LogP contribution < -0.4 is 5.73 Å². The van der Waals surface area contributed by atoms with Gasteiger partial charge in [-0.15, -0.1) is 6.42 Å². The Morgan fingerprint density at radius 3 is 2.83 bits per heavy atom. The third kappa shape index (κ3) is 4.08. The molecule has 2 aromatic heterocycles. The summed E-state index contributed by atoms with van der Waals surface area (Å²) in [6.07, 6.45) is 8.42. The highest BCUT2D eigenvalue weighted by molar-refractivity contribution is 6.30. The Morgan fingerprint density at radius 1 is 1.33 bits per heavy atom. The number of terminal acetylenes is 1. The molecule has 1 aliphatic heterocycles. The normalized spacial score (nSPS) is 20.9. The van der Waals surface area contributed by atoms with E-state index in [1.165, 1.54) is 0 Å². The van der Waals surface area contributed by atoms with Gasteiger partial charge < -0.3 is 19.8 Å². The van der Waals surface area contributed by atoms with Crippen molar-refractivity contribution in [3.8, 4) is 12.3 Å². The molecule has 1 aliphatic rings. The van der Waals surface area contributed by atoms with Crippen LogP contribution in [0.2, 0.25) is 10.3 Å². The lowest BCUT2D eigenvalue weighted by Gasteiger charge is -2.24. The third-order valence-electron chi connectivity index (χ3n) is 5.03. The highest BCUT2D eigenvalue weighted by atomic mass is 35.5. The van der Waals surface area contributed by atoms with E-state index in [-0.39, 0.29) is 24.5 Å². The predicted octanol–water partition coefficient (Wildman–Crippen LogP) is 3.79. The van der Waals surface area contributed by atoms with Crippen LogP contribution in [0.1, 0.15) is 24.6 Å². The Bertz CT molecular complexity index is 1140. The molecule has 0 radical (unpaired) electrons. The van der Waals surface area contributed by atoms with Crippen molar-refractivity contribution in [3.05, 3.63) is 52.4 Å². The van der Waals surface area contributed by atoms with E-state index < -0.39 is 11.6 Å².